The minimum absolute atomic E-state index is 0.0237. The smallest absolute Gasteiger partial charge is 0.246 e. The molecular formula is C20H20ClN5O3S. The van der Waals surface area contributed by atoms with Crippen LogP contribution in [0, 0.1) is 0 Å². The number of rotatable bonds is 6. The van der Waals surface area contributed by atoms with Crippen molar-refractivity contribution in [3.63, 3.8) is 0 Å². The number of aromatic nitrogens is 4. The minimum Gasteiger partial charge on any atom is -0.333 e. The van der Waals surface area contributed by atoms with Crippen LogP contribution in [-0.4, -0.2) is 57.0 Å². The predicted octanol–water partition coefficient (Wildman–Crippen LogP) is 2.21. The molecule has 0 N–H and O–H groups in total. The Hall–Kier alpha value is -2.78. The molecule has 1 aliphatic rings. The predicted molar refractivity (Wildman–Crippen MR) is 112 cm³/mol. The second-order valence-electron chi connectivity index (χ2n) is 7.22. The molecule has 1 amide bonds. The molecule has 3 aromatic rings. The van der Waals surface area contributed by atoms with Crippen molar-refractivity contribution in [1.82, 2.24) is 25.1 Å². The lowest BCUT2D eigenvalue weighted by atomic mass is 10.1. The highest BCUT2D eigenvalue weighted by Gasteiger charge is 2.35. The topological polar surface area (TPSA) is 98.1 Å². The van der Waals surface area contributed by atoms with Crippen molar-refractivity contribution in [3.05, 3.63) is 65.2 Å². The summed E-state index contributed by atoms with van der Waals surface area (Å²) in [7, 11) is -3.13. The molecule has 0 bridgehead atoms. The van der Waals surface area contributed by atoms with Gasteiger partial charge in [-0.3, -0.25) is 4.79 Å². The third-order valence-electron chi connectivity index (χ3n) is 4.98. The zero-order valence-corrected chi connectivity index (χ0v) is 17.6. The van der Waals surface area contributed by atoms with Crippen LogP contribution < -0.4 is 0 Å². The molecule has 1 aliphatic heterocycles. The Balaban J connectivity index is 1.53. The van der Waals surface area contributed by atoms with Gasteiger partial charge in [-0.1, -0.05) is 54.1 Å². The summed E-state index contributed by atoms with van der Waals surface area (Å²) in [6, 6.07) is 16.2. The first-order valence-corrected chi connectivity index (χ1v) is 11.7. The monoisotopic (exact) mass is 445 g/mol. The van der Waals surface area contributed by atoms with E-state index in [4.69, 9.17) is 11.6 Å². The van der Waals surface area contributed by atoms with Crippen molar-refractivity contribution in [2.75, 3.05) is 11.5 Å². The van der Waals surface area contributed by atoms with Gasteiger partial charge < -0.3 is 4.90 Å². The summed E-state index contributed by atoms with van der Waals surface area (Å²) in [5.74, 6) is 0.181. The summed E-state index contributed by atoms with van der Waals surface area (Å²) in [4.78, 5) is 15.9. The molecule has 1 aromatic heterocycles. The van der Waals surface area contributed by atoms with Crippen LogP contribution in [-0.2, 0) is 27.7 Å². The van der Waals surface area contributed by atoms with Crippen molar-refractivity contribution in [2.24, 2.45) is 0 Å². The summed E-state index contributed by atoms with van der Waals surface area (Å²) in [5.41, 5.74) is 1.63. The van der Waals surface area contributed by atoms with E-state index in [2.05, 4.69) is 15.4 Å². The van der Waals surface area contributed by atoms with E-state index in [0.717, 1.165) is 5.56 Å². The summed E-state index contributed by atoms with van der Waals surface area (Å²) in [6.07, 6.45) is 0.430. The van der Waals surface area contributed by atoms with Gasteiger partial charge in [-0.2, -0.15) is 4.80 Å². The fraction of sp³-hybridized carbons (Fsp3) is 0.300. The molecule has 1 fully saturated rings. The number of carbonyl (C=O) groups excluding carboxylic acids is 1. The van der Waals surface area contributed by atoms with E-state index in [1.165, 1.54) is 4.80 Å². The number of halogens is 1. The summed E-state index contributed by atoms with van der Waals surface area (Å²) >= 11 is 6.01. The molecule has 4 rings (SSSR count). The molecule has 2 heterocycles. The lowest BCUT2D eigenvalue weighted by Crippen LogP contribution is -2.42. The van der Waals surface area contributed by atoms with Crippen molar-refractivity contribution < 1.29 is 13.2 Å². The van der Waals surface area contributed by atoms with Gasteiger partial charge in [-0.25, -0.2) is 8.42 Å². The summed E-state index contributed by atoms with van der Waals surface area (Å²) < 4.78 is 24.0. The molecule has 0 saturated carbocycles. The standard InChI is InChI=1S/C20H20ClN5O3S/c21-17-8-4-7-16(11-17)20-22-24-26(23-20)13-19(27)25(12-15-5-2-1-3-6-15)18-9-10-30(28,29)14-18/h1-8,11,18H,9-10,12-14H2/t18-/m0/s1. The maximum absolute atomic E-state index is 13.1. The van der Waals surface area contributed by atoms with Crippen LogP contribution >= 0.6 is 11.6 Å². The second kappa shape index (κ2) is 8.53. The van der Waals surface area contributed by atoms with Gasteiger partial charge in [0.2, 0.25) is 11.7 Å². The molecule has 1 saturated heterocycles. The van der Waals surface area contributed by atoms with E-state index in [1.54, 1.807) is 29.2 Å². The molecule has 156 valence electrons. The van der Waals surface area contributed by atoms with Crippen LogP contribution in [0.5, 0.6) is 0 Å². The highest BCUT2D eigenvalue weighted by atomic mass is 35.5. The SMILES string of the molecule is O=C(Cn1nnc(-c2cccc(Cl)c2)n1)N(Cc1ccccc1)[C@H]1CCS(=O)(=O)C1. The molecule has 1 atom stereocenters. The summed E-state index contributed by atoms with van der Waals surface area (Å²) in [6.45, 7) is 0.201. The largest absolute Gasteiger partial charge is 0.333 e. The lowest BCUT2D eigenvalue weighted by Gasteiger charge is -2.28. The van der Waals surface area contributed by atoms with E-state index in [-0.39, 0.29) is 30.0 Å². The summed E-state index contributed by atoms with van der Waals surface area (Å²) in [5, 5.41) is 12.8. The Morgan fingerprint density at radius 2 is 1.97 bits per heavy atom. The van der Waals surface area contributed by atoms with Crippen molar-refractivity contribution in [2.45, 2.75) is 25.6 Å². The number of amides is 1. The highest BCUT2D eigenvalue weighted by molar-refractivity contribution is 7.91. The van der Waals surface area contributed by atoms with Crippen molar-refractivity contribution in [1.29, 1.82) is 0 Å². The van der Waals surface area contributed by atoms with Gasteiger partial charge in [0.15, 0.2) is 9.84 Å². The molecule has 0 radical (unpaired) electrons. The Kier molecular flexibility index (Phi) is 5.83. The lowest BCUT2D eigenvalue weighted by molar-refractivity contribution is -0.134. The fourth-order valence-electron chi connectivity index (χ4n) is 3.49. The van der Waals surface area contributed by atoms with Gasteiger partial charge in [0.25, 0.3) is 0 Å². The van der Waals surface area contributed by atoms with Crippen LogP contribution in [0.25, 0.3) is 11.4 Å². The number of carbonyl (C=O) groups is 1. The van der Waals surface area contributed by atoms with Crippen LogP contribution in [0.3, 0.4) is 0 Å². The molecule has 10 heteroatoms. The quantitative estimate of drug-likeness (QED) is 0.577. The molecule has 8 nitrogen and oxygen atoms in total. The Morgan fingerprint density at radius 3 is 2.67 bits per heavy atom. The second-order valence-corrected chi connectivity index (χ2v) is 9.88. The molecule has 0 unspecified atom stereocenters. The molecule has 0 spiro atoms. The Morgan fingerprint density at radius 1 is 1.17 bits per heavy atom. The average molecular weight is 446 g/mol. The van der Waals surface area contributed by atoms with Gasteiger partial charge in [0.1, 0.15) is 6.54 Å². The number of sulfone groups is 1. The van der Waals surface area contributed by atoms with Crippen LogP contribution in [0.1, 0.15) is 12.0 Å². The fourth-order valence-corrected chi connectivity index (χ4v) is 5.41. The number of benzene rings is 2. The Labute approximate surface area is 179 Å². The van der Waals surface area contributed by atoms with E-state index in [0.29, 0.717) is 29.4 Å². The number of tetrazole rings is 1. The zero-order valence-electron chi connectivity index (χ0n) is 16.1. The van der Waals surface area contributed by atoms with Gasteiger partial charge in [-0.05, 0) is 29.3 Å². The van der Waals surface area contributed by atoms with E-state index in [9.17, 15) is 13.2 Å². The van der Waals surface area contributed by atoms with Crippen LogP contribution in [0.2, 0.25) is 5.02 Å². The normalized spacial score (nSPS) is 17.7. The van der Waals surface area contributed by atoms with Crippen LogP contribution in [0.15, 0.2) is 54.6 Å². The van der Waals surface area contributed by atoms with Gasteiger partial charge >= 0.3 is 0 Å². The zero-order chi connectivity index (χ0) is 21.1. The van der Waals surface area contributed by atoms with Gasteiger partial charge in [0.05, 0.1) is 11.5 Å². The Bertz CT molecular complexity index is 1150. The molecule has 0 aliphatic carbocycles. The van der Waals surface area contributed by atoms with E-state index in [1.807, 2.05) is 30.3 Å². The highest BCUT2D eigenvalue weighted by Crippen LogP contribution is 2.21. The first-order chi connectivity index (χ1) is 14.4. The first-order valence-electron chi connectivity index (χ1n) is 9.47. The van der Waals surface area contributed by atoms with E-state index >= 15 is 0 Å². The molecule has 2 aromatic carbocycles. The molecule has 30 heavy (non-hydrogen) atoms. The minimum atomic E-state index is -3.13. The maximum atomic E-state index is 13.1. The van der Waals surface area contributed by atoms with Gasteiger partial charge in [-0.15, -0.1) is 10.2 Å². The maximum Gasteiger partial charge on any atom is 0.246 e. The van der Waals surface area contributed by atoms with Crippen LogP contribution in [0.4, 0.5) is 0 Å². The number of hydrogen-bond acceptors (Lipinski definition) is 6. The first kappa shape index (κ1) is 20.5. The van der Waals surface area contributed by atoms with E-state index < -0.39 is 9.84 Å². The number of nitrogens with zero attached hydrogens (tertiary/aromatic N) is 5. The average Bonchev–Trinajstić information content (AvgIpc) is 3.33. The third-order valence-corrected chi connectivity index (χ3v) is 6.96. The third kappa shape index (κ3) is 4.85. The molecular weight excluding hydrogens is 426 g/mol. The number of hydrogen-bond donors (Lipinski definition) is 0. The van der Waals surface area contributed by atoms with Crippen molar-refractivity contribution >= 4 is 27.3 Å². The van der Waals surface area contributed by atoms with Gasteiger partial charge in [0, 0.05) is 23.2 Å². The van der Waals surface area contributed by atoms with Crippen molar-refractivity contribution in [3.8, 4) is 11.4 Å².